The van der Waals surface area contributed by atoms with Crippen molar-refractivity contribution in [2.24, 2.45) is 11.8 Å². The lowest BCUT2D eigenvalue weighted by Gasteiger charge is -2.30. The van der Waals surface area contributed by atoms with E-state index in [1.807, 2.05) is 4.90 Å². The Kier molecular flexibility index (Phi) is 3.87. The summed E-state index contributed by atoms with van der Waals surface area (Å²) in [6, 6.07) is 0. The molecule has 1 aromatic rings. The van der Waals surface area contributed by atoms with Gasteiger partial charge in [0, 0.05) is 38.0 Å². The van der Waals surface area contributed by atoms with Crippen LogP contribution < -0.4 is 9.80 Å². The van der Waals surface area contributed by atoms with Crippen molar-refractivity contribution in [1.82, 2.24) is 14.9 Å². The van der Waals surface area contributed by atoms with Crippen molar-refractivity contribution in [3.05, 3.63) is 12.0 Å². The van der Waals surface area contributed by atoms with E-state index in [0.29, 0.717) is 29.7 Å². The summed E-state index contributed by atoms with van der Waals surface area (Å²) in [5.74, 6) is 1.91. The van der Waals surface area contributed by atoms with Crippen LogP contribution in [0, 0.1) is 17.7 Å². The van der Waals surface area contributed by atoms with E-state index in [2.05, 4.69) is 33.9 Å². The van der Waals surface area contributed by atoms with Gasteiger partial charge in [-0.15, -0.1) is 0 Å². The highest BCUT2D eigenvalue weighted by Gasteiger charge is 2.63. The molecule has 0 aliphatic carbocycles. The molecule has 5 rings (SSSR count). The highest BCUT2D eigenvalue weighted by Crippen LogP contribution is 2.55. The van der Waals surface area contributed by atoms with Gasteiger partial charge in [0.25, 0.3) is 0 Å². The molecule has 4 saturated heterocycles. The summed E-state index contributed by atoms with van der Waals surface area (Å²) in [6.07, 6.45) is 6.25. The molecule has 1 aromatic heterocycles. The van der Waals surface area contributed by atoms with Crippen LogP contribution in [0.4, 0.5) is 16.2 Å². The van der Waals surface area contributed by atoms with Crippen LogP contribution >= 0.6 is 0 Å². The minimum Gasteiger partial charge on any atom is -0.369 e. The van der Waals surface area contributed by atoms with Gasteiger partial charge < -0.3 is 19.4 Å². The predicted octanol–water partition coefficient (Wildman–Crippen LogP) is 1.76. The Morgan fingerprint density at radius 3 is 2.88 bits per heavy atom. The minimum atomic E-state index is -0.309. The molecule has 1 spiro atoms. The van der Waals surface area contributed by atoms with Crippen LogP contribution in [0.1, 0.15) is 25.7 Å². The number of halogens is 1. The van der Waals surface area contributed by atoms with Crippen LogP contribution in [0.25, 0.3) is 0 Å². The number of hydrogen-bond donors (Lipinski definition) is 0. The first-order valence-corrected chi connectivity index (χ1v) is 9.91. The van der Waals surface area contributed by atoms with E-state index in [1.54, 1.807) is 0 Å². The second-order valence-corrected chi connectivity index (χ2v) is 8.71. The second kappa shape index (κ2) is 6.02. The zero-order valence-corrected chi connectivity index (χ0v) is 15.7. The van der Waals surface area contributed by atoms with Gasteiger partial charge in [0.15, 0.2) is 11.6 Å². The van der Waals surface area contributed by atoms with E-state index < -0.39 is 0 Å². The van der Waals surface area contributed by atoms with Gasteiger partial charge in [0.05, 0.1) is 24.4 Å². The Balaban J connectivity index is 1.40. The Hall–Kier alpha value is -1.47. The summed E-state index contributed by atoms with van der Waals surface area (Å²) in [6.45, 7) is 4.59. The van der Waals surface area contributed by atoms with Gasteiger partial charge in [0.1, 0.15) is 0 Å². The van der Waals surface area contributed by atoms with Gasteiger partial charge in [-0.3, -0.25) is 0 Å². The van der Waals surface area contributed by atoms with Gasteiger partial charge in [0.2, 0.25) is 5.95 Å². The average molecular weight is 361 g/mol. The molecule has 6 nitrogen and oxygen atoms in total. The monoisotopic (exact) mass is 361 g/mol. The molecule has 4 atom stereocenters. The Bertz CT molecular complexity index is 695. The fourth-order valence-electron chi connectivity index (χ4n) is 5.66. The molecule has 2 bridgehead atoms. The van der Waals surface area contributed by atoms with E-state index in [9.17, 15) is 4.39 Å². The lowest BCUT2D eigenvalue weighted by atomic mass is 9.73. The molecule has 7 heteroatoms. The smallest absolute Gasteiger partial charge is 0.227 e. The number of ether oxygens (including phenoxy) is 1. The second-order valence-electron chi connectivity index (χ2n) is 8.71. The molecule has 0 radical (unpaired) electrons. The zero-order valence-electron chi connectivity index (χ0n) is 15.7. The topological polar surface area (TPSA) is 44.7 Å². The van der Waals surface area contributed by atoms with Crippen LogP contribution in [-0.4, -0.2) is 73.4 Å². The standard InChI is InChI=1S/C19H28FN5O/c1-23(2)10-13-14-11-25(12-19(14)6-5-16(13)26-19)18-21-9-15(20)17(22-18)24-7-3-4-8-24/h9,13-14,16H,3-8,10-12H2,1-2H3/t13-,14+,16+,19+/m0/s1. The maximum Gasteiger partial charge on any atom is 0.227 e. The number of aromatic nitrogens is 2. The van der Waals surface area contributed by atoms with E-state index in [-0.39, 0.29) is 11.4 Å². The number of hydrogen-bond acceptors (Lipinski definition) is 6. The van der Waals surface area contributed by atoms with Gasteiger partial charge in [-0.2, -0.15) is 4.98 Å². The summed E-state index contributed by atoms with van der Waals surface area (Å²) in [5.41, 5.74) is -0.0447. The summed E-state index contributed by atoms with van der Waals surface area (Å²) >= 11 is 0. The third-order valence-electron chi connectivity index (χ3n) is 6.76. The van der Waals surface area contributed by atoms with Crippen molar-refractivity contribution >= 4 is 11.8 Å². The molecular formula is C19H28FN5O. The zero-order chi connectivity index (χ0) is 17.9. The first-order chi connectivity index (χ1) is 12.6. The van der Waals surface area contributed by atoms with E-state index in [4.69, 9.17) is 4.74 Å². The molecule has 4 aliphatic rings. The summed E-state index contributed by atoms with van der Waals surface area (Å²) in [4.78, 5) is 15.5. The molecular weight excluding hydrogens is 333 g/mol. The average Bonchev–Trinajstić information content (AvgIpc) is 3.36. The number of rotatable bonds is 4. The summed E-state index contributed by atoms with van der Waals surface area (Å²) < 4.78 is 20.8. The first-order valence-electron chi connectivity index (χ1n) is 9.91. The van der Waals surface area contributed by atoms with Crippen LogP contribution in [0.5, 0.6) is 0 Å². The Morgan fingerprint density at radius 1 is 1.31 bits per heavy atom. The largest absolute Gasteiger partial charge is 0.369 e. The van der Waals surface area contributed by atoms with E-state index in [1.165, 1.54) is 6.20 Å². The fourth-order valence-corrected chi connectivity index (χ4v) is 5.66. The normalized spacial score (nSPS) is 35.8. The number of nitrogens with zero attached hydrogens (tertiary/aromatic N) is 5. The third kappa shape index (κ3) is 2.51. The van der Waals surface area contributed by atoms with Crippen LogP contribution in [0.2, 0.25) is 0 Å². The quantitative estimate of drug-likeness (QED) is 0.814. The molecule has 0 amide bonds. The van der Waals surface area contributed by atoms with Crippen LogP contribution in [0.15, 0.2) is 6.20 Å². The van der Waals surface area contributed by atoms with Gasteiger partial charge in [-0.1, -0.05) is 0 Å². The molecule has 4 aliphatic heterocycles. The Morgan fingerprint density at radius 2 is 2.12 bits per heavy atom. The predicted molar refractivity (Wildman–Crippen MR) is 98.0 cm³/mol. The van der Waals surface area contributed by atoms with Crippen LogP contribution in [-0.2, 0) is 4.74 Å². The van der Waals surface area contributed by atoms with Crippen molar-refractivity contribution in [2.45, 2.75) is 37.4 Å². The number of anilines is 2. The highest BCUT2D eigenvalue weighted by molar-refractivity contribution is 5.47. The van der Waals surface area contributed by atoms with Crippen molar-refractivity contribution in [3.63, 3.8) is 0 Å². The molecule has 0 N–H and O–H groups in total. The minimum absolute atomic E-state index is 0.0447. The van der Waals surface area contributed by atoms with Crippen molar-refractivity contribution in [3.8, 4) is 0 Å². The Labute approximate surface area is 154 Å². The fraction of sp³-hybridized carbons (Fsp3) is 0.789. The SMILES string of the molecule is CN(C)C[C@H]1[C@H]2CN(c3ncc(F)c(N4CCCC4)n3)C[C@]23CC[C@H]1O3. The molecule has 142 valence electrons. The molecule has 26 heavy (non-hydrogen) atoms. The molecule has 4 fully saturated rings. The van der Waals surface area contributed by atoms with Crippen LogP contribution in [0.3, 0.4) is 0 Å². The van der Waals surface area contributed by atoms with Gasteiger partial charge in [-0.25, -0.2) is 9.37 Å². The van der Waals surface area contributed by atoms with E-state index >= 15 is 0 Å². The summed E-state index contributed by atoms with van der Waals surface area (Å²) in [5, 5.41) is 0. The molecule has 5 heterocycles. The molecule has 0 aromatic carbocycles. The maximum absolute atomic E-state index is 14.3. The molecule has 0 unspecified atom stereocenters. The first kappa shape index (κ1) is 16.7. The molecule has 0 saturated carbocycles. The van der Waals surface area contributed by atoms with Crippen molar-refractivity contribution < 1.29 is 9.13 Å². The lowest BCUT2D eigenvalue weighted by Crippen LogP contribution is -2.40. The third-order valence-corrected chi connectivity index (χ3v) is 6.76. The van der Waals surface area contributed by atoms with Gasteiger partial charge >= 0.3 is 0 Å². The van der Waals surface area contributed by atoms with Gasteiger partial charge in [-0.05, 0) is 39.8 Å². The number of fused-ring (bicyclic) bond motifs is 1. The lowest BCUT2D eigenvalue weighted by molar-refractivity contribution is 0.0136. The maximum atomic E-state index is 14.3. The summed E-state index contributed by atoms with van der Waals surface area (Å²) in [7, 11) is 4.27. The van der Waals surface area contributed by atoms with Crippen molar-refractivity contribution in [1.29, 1.82) is 0 Å². The van der Waals surface area contributed by atoms with Crippen molar-refractivity contribution in [2.75, 3.05) is 56.6 Å². The van der Waals surface area contributed by atoms with E-state index in [0.717, 1.165) is 58.4 Å². The highest BCUT2D eigenvalue weighted by atomic mass is 19.1.